The van der Waals surface area contributed by atoms with Crippen molar-refractivity contribution in [3.8, 4) is 6.07 Å². The summed E-state index contributed by atoms with van der Waals surface area (Å²) in [7, 11) is 0. The first-order valence-corrected chi connectivity index (χ1v) is 4.89. The Morgan fingerprint density at radius 3 is 2.40 bits per heavy atom. The number of hydrogen-bond donors (Lipinski definition) is 1. The standard InChI is InChI=1S/C9H5F3INO/c10-9(11,12)7-6(4-15)2-1-5(3-14)8(7)13/h1-2,15H,4H2. The Morgan fingerprint density at radius 1 is 1.40 bits per heavy atom. The molecule has 1 rings (SSSR count). The maximum absolute atomic E-state index is 12.6. The lowest BCUT2D eigenvalue weighted by atomic mass is 10.0. The van der Waals surface area contributed by atoms with E-state index in [9.17, 15) is 13.2 Å². The Balaban J connectivity index is 3.52. The summed E-state index contributed by atoms with van der Waals surface area (Å²) in [4.78, 5) is 0. The van der Waals surface area contributed by atoms with E-state index in [-0.39, 0.29) is 14.7 Å². The quantitative estimate of drug-likeness (QED) is 0.806. The SMILES string of the molecule is N#Cc1ccc(CO)c(C(F)(F)F)c1I. The van der Waals surface area contributed by atoms with E-state index in [4.69, 9.17) is 10.4 Å². The molecule has 0 bridgehead atoms. The van der Waals surface area contributed by atoms with Gasteiger partial charge >= 0.3 is 6.18 Å². The van der Waals surface area contributed by atoms with Gasteiger partial charge < -0.3 is 5.11 Å². The molecule has 1 aromatic rings. The number of nitriles is 1. The zero-order valence-corrected chi connectivity index (χ0v) is 9.43. The number of aliphatic hydroxyl groups excluding tert-OH is 1. The Labute approximate surface area is 97.5 Å². The zero-order chi connectivity index (χ0) is 11.6. The number of alkyl halides is 3. The van der Waals surface area contributed by atoms with Crippen LogP contribution >= 0.6 is 22.6 Å². The first-order valence-electron chi connectivity index (χ1n) is 3.81. The van der Waals surface area contributed by atoms with Gasteiger partial charge in [-0.05, 0) is 34.2 Å². The van der Waals surface area contributed by atoms with Crippen molar-refractivity contribution in [2.24, 2.45) is 0 Å². The average molecular weight is 327 g/mol. The van der Waals surface area contributed by atoms with Gasteiger partial charge in [0.2, 0.25) is 0 Å². The van der Waals surface area contributed by atoms with Crippen LogP contribution in [0.4, 0.5) is 13.2 Å². The Hall–Kier alpha value is -0.810. The van der Waals surface area contributed by atoms with E-state index < -0.39 is 18.3 Å². The minimum Gasteiger partial charge on any atom is -0.392 e. The lowest BCUT2D eigenvalue weighted by molar-refractivity contribution is -0.139. The molecule has 0 saturated heterocycles. The van der Waals surface area contributed by atoms with E-state index in [1.54, 1.807) is 6.07 Å². The Bertz CT molecular complexity index is 423. The first kappa shape index (κ1) is 12.3. The summed E-state index contributed by atoms with van der Waals surface area (Å²) in [5.41, 5.74) is -1.18. The van der Waals surface area contributed by atoms with Crippen LogP contribution in [-0.2, 0) is 12.8 Å². The van der Waals surface area contributed by atoms with Gasteiger partial charge in [0, 0.05) is 3.57 Å². The molecule has 0 aliphatic rings. The van der Waals surface area contributed by atoms with Crippen molar-refractivity contribution in [1.29, 1.82) is 5.26 Å². The molecular weight excluding hydrogens is 322 g/mol. The van der Waals surface area contributed by atoms with Crippen molar-refractivity contribution in [2.45, 2.75) is 12.8 Å². The molecule has 0 aromatic heterocycles. The highest BCUT2D eigenvalue weighted by molar-refractivity contribution is 14.1. The predicted molar refractivity (Wildman–Crippen MR) is 54.8 cm³/mol. The number of benzene rings is 1. The van der Waals surface area contributed by atoms with Gasteiger partial charge in [0.05, 0.1) is 17.7 Å². The smallest absolute Gasteiger partial charge is 0.392 e. The molecule has 0 aliphatic heterocycles. The van der Waals surface area contributed by atoms with Gasteiger partial charge in [0.25, 0.3) is 0 Å². The summed E-state index contributed by atoms with van der Waals surface area (Å²) in [5.74, 6) is 0. The van der Waals surface area contributed by atoms with Crippen LogP contribution in [0.25, 0.3) is 0 Å². The van der Waals surface area contributed by atoms with Crippen molar-refractivity contribution < 1.29 is 18.3 Å². The summed E-state index contributed by atoms with van der Waals surface area (Å²) in [5, 5.41) is 17.4. The van der Waals surface area contributed by atoms with Crippen LogP contribution in [-0.4, -0.2) is 5.11 Å². The Morgan fingerprint density at radius 2 is 2.00 bits per heavy atom. The van der Waals surface area contributed by atoms with Gasteiger partial charge in [-0.1, -0.05) is 6.07 Å². The lowest BCUT2D eigenvalue weighted by Gasteiger charge is -2.14. The molecule has 0 heterocycles. The van der Waals surface area contributed by atoms with Crippen LogP contribution in [0.5, 0.6) is 0 Å². The van der Waals surface area contributed by atoms with Gasteiger partial charge in [-0.3, -0.25) is 0 Å². The maximum atomic E-state index is 12.6. The molecule has 0 aliphatic carbocycles. The van der Waals surface area contributed by atoms with Crippen molar-refractivity contribution in [3.63, 3.8) is 0 Å². The van der Waals surface area contributed by atoms with E-state index in [2.05, 4.69) is 0 Å². The third kappa shape index (κ3) is 2.41. The highest BCUT2D eigenvalue weighted by atomic mass is 127. The molecular formula is C9H5F3INO. The van der Waals surface area contributed by atoms with Gasteiger partial charge in [-0.25, -0.2) is 0 Å². The van der Waals surface area contributed by atoms with E-state index in [0.717, 1.165) is 6.07 Å². The fourth-order valence-corrected chi connectivity index (χ4v) is 2.09. The molecule has 1 N–H and O–H groups in total. The lowest BCUT2D eigenvalue weighted by Crippen LogP contribution is -2.12. The minimum atomic E-state index is -4.55. The first-order chi connectivity index (χ1) is 6.91. The van der Waals surface area contributed by atoms with Crippen LogP contribution in [0.1, 0.15) is 16.7 Å². The summed E-state index contributed by atoms with van der Waals surface area (Å²) in [6, 6.07) is 4.05. The number of halogens is 4. The van der Waals surface area contributed by atoms with Crippen molar-refractivity contribution in [3.05, 3.63) is 32.4 Å². The average Bonchev–Trinajstić information content (AvgIpc) is 2.15. The second-order valence-electron chi connectivity index (χ2n) is 2.73. The van der Waals surface area contributed by atoms with Crippen LogP contribution in [0.3, 0.4) is 0 Å². The molecule has 0 radical (unpaired) electrons. The number of hydrogen-bond acceptors (Lipinski definition) is 2. The van der Waals surface area contributed by atoms with Crippen LogP contribution < -0.4 is 0 Å². The van der Waals surface area contributed by atoms with Crippen molar-refractivity contribution >= 4 is 22.6 Å². The molecule has 0 saturated carbocycles. The van der Waals surface area contributed by atoms with Gasteiger partial charge in [0.1, 0.15) is 6.07 Å². The third-order valence-electron chi connectivity index (χ3n) is 1.80. The maximum Gasteiger partial charge on any atom is 0.417 e. The van der Waals surface area contributed by atoms with Crippen LogP contribution in [0, 0.1) is 14.9 Å². The number of rotatable bonds is 1. The zero-order valence-electron chi connectivity index (χ0n) is 7.27. The fourth-order valence-electron chi connectivity index (χ4n) is 1.14. The topological polar surface area (TPSA) is 44.0 Å². The second-order valence-corrected chi connectivity index (χ2v) is 3.81. The Kier molecular flexibility index (Phi) is 3.57. The van der Waals surface area contributed by atoms with Gasteiger partial charge in [0.15, 0.2) is 0 Å². The molecule has 1 aromatic carbocycles. The summed E-state index contributed by atoms with van der Waals surface area (Å²) in [6.07, 6.45) is -4.55. The monoisotopic (exact) mass is 327 g/mol. The molecule has 15 heavy (non-hydrogen) atoms. The minimum absolute atomic E-state index is 0.0416. The molecule has 0 fully saturated rings. The molecule has 0 unspecified atom stereocenters. The molecule has 0 amide bonds. The van der Waals surface area contributed by atoms with E-state index in [1.165, 1.54) is 28.7 Å². The van der Waals surface area contributed by atoms with E-state index in [0.29, 0.717) is 0 Å². The van der Waals surface area contributed by atoms with Crippen LogP contribution in [0.15, 0.2) is 12.1 Å². The largest absolute Gasteiger partial charge is 0.417 e. The van der Waals surface area contributed by atoms with Crippen molar-refractivity contribution in [1.82, 2.24) is 0 Å². The van der Waals surface area contributed by atoms with Crippen LogP contribution in [0.2, 0.25) is 0 Å². The number of nitrogens with zero attached hydrogens (tertiary/aromatic N) is 1. The van der Waals surface area contributed by atoms with E-state index in [1.807, 2.05) is 0 Å². The summed E-state index contributed by atoms with van der Waals surface area (Å²) in [6.45, 7) is -0.698. The highest BCUT2D eigenvalue weighted by Gasteiger charge is 2.36. The predicted octanol–water partition coefficient (Wildman–Crippen LogP) is 2.67. The fraction of sp³-hybridized carbons (Fsp3) is 0.222. The molecule has 6 heteroatoms. The molecule has 0 atom stereocenters. The molecule has 80 valence electrons. The molecule has 2 nitrogen and oxygen atoms in total. The van der Waals surface area contributed by atoms with Crippen molar-refractivity contribution in [2.75, 3.05) is 0 Å². The normalized spacial score (nSPS) is 11.2. The molecule has 0 spiro atoms. The highest BCUT2D eigenvalue weighted by Crippen LogP contribution is 2.36. The summed E-state index contributed by atoms with van der Waals surface area (Å²) < 4.78 is 37.6. The van der Waals surface area contributed by atoms with Gasteiger partial charge in [-0.15, -0.1) is 0 Å². The summed E-state index contributed by atoms with van der Waals surface area (Å²) >= 11 is 1.46. The van der Waals surface area contributed by atoms with E-state index >= 15 is 0 Å². The number of aliphatic hydroxyl groups is 1. The third-order valence-corrected chi connectivity index (χ3v) is 2.92. The second kappa shape index (κ2) is 4.37. The van der Waals surface area contributed by atoms with Gasteiger partial charge in [-0.2, -0.15) is 18.4 Å².